The lowest BCUT2D eigenvalue weighted by Crippen LogP contribution is -2.18. The average molecular weight is 375 g/mol. The van der Waals surface area contributed by atoms with E-state index in [9.17, 15) is 0 Å². The highest BCUT2D eigenvalue weighted by molar-refractivity contribution is 9.10. The molecular weight excluding hydrogens is 361 g/mol. The molecule has 2 aromatic rings. The smallest absolute Gasteiger partial charge is 0.138 e. The molecule has 0 aliphatic heterocycles. The summed E-state index contributed by atoms with van der Waals surface area (Å²) in [6.07, 6.45) is 0. The topological polar surface area (TPSA) is 21.3 Å². The average Bonchev–Trinajstić information content (AvgIpc) is 2.43. The van der Waals surface area contributed by atoms with Crippen LogP contribution in [-0.4, -0.2) is 14.2 Å². The number of hydrogen-bond acceptors (Lipinski definition) is 2. The van der Waals surface area contributed by atoms with E-state index in [1.807, 2.05) is 31.3 Å². The third kappa shape index (κ3) is 3.29. The highest BCUT2D eigenvalue weighted by Crippen LogP contribution is 2.36. The van der Waals surface area contributed by atoms with E-state index < -0.39 is 0 Å². The van der Waals surface area contributed by atoms with Crippen LogP contribution in [0.15, 0.2) is 40.9 Å². The van der Waals surface area contributed by atoms with E-state index >= 15 is 0 Å². The summed E-state index contributed by atoms with van der Waals surface area (Å²) < 4.78 is 6.19. The summed E-state index contributed by atoms with van der Waals surface area (Å²) in [7, 11) is 3.46. The van der Waals surface area contributed by atoms with Gasteiger partial charge in [0.15, 0.2) is 0 Å². The lowest BCUT2D eigenvalue weighted by molar-refractivity contribution is 0.415. The van der Waals surface area contributed by atoms with E-state index in [0.29, 0.717) is 15.8 Å². The standard InChI is InChI=1S/C15H14BrCl2NO/c1-19-15(9-4-3-5-10(16)6-9)11-7-13(18)14(20-2)8-12(11)17/h3-8,15,19H,1-2H3. The molecule has 0 heterocycles. The summed E-state index contributed by atoms with van der Waals surface area (Å²) in [5.41, 5.74) is 2.02. The monoisotopic (exact) mass is 373 g/mol. The van der Waals surface area contributed by atoms with Crippen molar-refractivity contribution in [3.63, 3.8) is 0 Å². The molecule has 0 spiro atoms. The molecule has 2 rings (SSSR count). The summed E-state index contributed by atoms with van der Waals surface area (Å²) >= 11 is 16.0. The summed E-state index contributed by atoms with van der Waals surface area (Å²) in [6, 6.07) is 11.6. The fourth-order valence-electron chi connectivity index (χ4n) is 2.11. The van der Waals surface area contributed by atoms with Gasteiger partial charge in [0, 0.05) is 15.6 Å². The van der Waals surface area contributed by atoms with Crippen LogP contribution in [0.5, 0.6) is 5.75 Å². The maximum Gasteiger partial charge on any atom is 0.138 e. The molecule has 0 radical (unpaired) electrons. The molecule has 0 amide bonds. The number of methoxy groups -OCH3 is 1. The van der Waals surface area contributed by atoms with E-state index in [2.05, 4.69) is 27.3 Å². The number of halogens is 3. The molecule has 2 nitrogen and oxygen atoms in total. The molecule has 1 unspecified atom stereocenters. The molecule has 1 atom stereocenters. The van der Waals surface area contributed by atoms with E-state index in [4.69, 9.17) is 27.9 Å². The van der Waals surface area contributed by atoms with Gasteiger partial charge < -0.3 is 10.1 Å². The van der Waals surface area contributed by atoms with Crippen molar-refractivity contribution in [2.45, 2.75) is 6.04 Å². The van der Waals surface area contributed by atoms with Gasteiger partial charge in [0.25, 0.3) is 0 Å². The molecule has 0 aliphatic rings. The van der Waals surface area contributed by atoms with Gasteiger partial charge >= 0.3 is 0 Å². The first-order valence-corrected chi connectivity index (χ1v) is 7.57. The van der Waals surface area contributed by atoms with Gasteiger partial charge in [-0.15, -0.1) is 0 Å². The summed E-state index contributed by atoms with van der Waals surface area (Å²) in [5.74, 6) is 0.574. The lowest BCUT2D eigenvalue weighted by atomic mass is 9.98. The summed E-state index contributed by atoms with van der Waals surface area (Å²) in [5, 5.41) is 4.42. The van der Waals surface area contributed by atoms with Crippen LogP contribution in [0.1, 0.15) is 17.2 Å². The maximum atomic E-state index is 6.35. The van der Waals surface area contributed by atoms with Crippen LogP contribution >= 0.6 is 39.1 Å². The second-order valence-corrected chi connectivity index (χ2v) is 6.02. The van der Waals surface area contributed by atoms with Crippen molar-refractivity contribution in [3.05, 3.63) is 62.0 Å². The van der Waals surface area contributed by atoms with Gasteiger partial charge in [-0.2, -0.15) is 0 Å². The Balaban J connectivity index is 2.49. The van der Waals surface area contributed by atoms with Crippen LogP contribution in [0.2, 0.25) is 10.0 Å². The molecule has 0 saturated heterocycles. The number of benzene rings is 2. The van der Waals surface area contributed by atoms with Gasteiger partial charge in [-0.05, 0) is 36.4 Å². The molecule has 106 valence electrons. The molecule has 0 bridgehead atoms. The highest BCUT2D eigenvalue weighted by atomic mass is 79.9. The predicted octanol–water partition coefficient (Wildman–Crippen LogP) is 5.07. The zero-order valence-corrected chi connectivity index (χ0v) is 14.2. The van der Waals surface area contributed by atoms with Crippen LogP contribution < -0.4 is 10.1 Å². The van der Waals surface area contributed by atoms with Crippen molar-refractivity contribution < 1.29 is 4.74 Å². The first-order valence-electron chi connectivity index (χ1n) is 6.02. The van der Waals surface area contributed by atoms with Crippen LogP contribution in [-0.2, 0) is 0 Å². The second-order valence-electron chi connectivity index (χ2n) is 4.28. The zero-order valence-electron chi connectivity index (χ0n) is 11.1. The van der Waals surface area contributed by atoms with Crippen molar-refractivity contribution in [1.82, 2.24) is 5.32 Å². The maximum absolute atomic E-state index is 6.35. The molecule has 2 aromatic carbocycles. The molecule has 0 aromatic heterocycles. The molecule has 0 saturated carbocycles. The van der Waals surface area contributed by atoms with Gasteiger partial charge in [-0.3, -0.25) is 0 Å². The lowest BCUT2D eigenvalue weighted by Gasteiger charge is -2.20. The summed E-state index contributed by atoms with van der Waals surface area (Å²) in [4.78, 5) is 0. The van der Waals surface area contributed by atoms with Crippen molar-refractivity contribution in [1.29, 1.82) is 0 Å². The third-order valence-corrected chi connectivity index (χ3v) is 4.17. The molecule has 1 N–H and O–H groups in total. The van der Waals surface area contributed by atoms with E-state index in [0.717, 1.165) is 15.6 Å². The Kier molecular flexibility index (Phi) is 5.33. The first-order chi connectivity index (χ1) is 9.56. The van der Waals surface area contributed by atoms with Crippen LogP contribution in [0.25, 0.3) is 0 Å². The molecular formula is C15H14BrCl2NO. The Hall–Kier alpha value is -0.740. The number of ether oxygens (including phenoxy) is 1. The van der Waals surface area contributed by atoms with Crippen molar-refractivity contribution in [3.8, 4) is 5.75 Å². The molecule has 5 heteroatoms. The zero-order chi connectivity index (χ0) is 14.7. The Bertz CT molecular complexity index is 619. The largest absolute Gasteiger partial charge is 0.495 e. The van der Waals surface area contributed by atoms with Crippen LogP contribution in [0, 0.1) is 0 Å². The van der Waals surface area contributed by atoms with Crippen LogP contribution in [0.4, 0.5) is 0 Å². The predicted molar refractivity (Wildman–Crippen MR) is 88.1 cm³/mol. The minimum Gasteiger partial charge on any atom is -0.495 e. The fraction of sp³-hybridized carbons (Fsp3) is 0.200. The van der Waals surface area contributed by atoms with Crippen molar-refractivity contribution in [2.75, 3.05) is 14.2 Å². The SMILES string of the molecule is CNC(c1cccc(Br)c1)c1cc(Cl)c(OC)cc1Cl. The quantitative estimate of drug-likeness (QED) is 0.806. The molecule has 20 heavy (non-hydrogen) atoms. The fourth-order valence-corrected chi connectivity index (χ4v) is 3.04. The Labute approximate surface area is 137 Å². The van der Waals surface area contributed by atoms with Gasteiger partial charge in [0.2, 0.25) is 0 Å². The Morgan fingerprint density at radius 1 is 1.15 bits per heavy atom. The van der Waals surface area contributed by atoms with E-state index in [-0.39, 0.29) is 6.04 Å². The van der Waals surface area contributed by atoms with E-state index in [1.54, 1.807) is 13.2 Å². The molecule has 0 aliphatic carbocycles. The second kappa shape index (κ2) is 6.81. The third-order valence-electron chi connectivity index (χ3n) is 3.05. The number of nitrogens with one attached hydrogen (secondary N) is 1. The van der Waals surface area contributed by atoms with E-state index in [1.165, 1.54) is 0 Å². The minimum absolute atomic E-state index is 0.0385. The normalized spacial score (nSPS) is 12.2. The Morgan fingerprint density at radius 3 is 2.50 bits per heavy atom. The first kappa shape index (κ1) is 15.6. The minimum atomic E-state index is -0.0385. The van der Waals surface area contributed by atoms with Crippen LogP contribution in [0.3, 0.4) is 0 Å². The van der Waals surface area contributed by atoms with Crippen molar-refractivity contribution >= 4 is 39.1 Å². The summed E-state index contributed by atoms with van der Waals surface area (Å²) in [6.45, 7) is 0. The van der Waals surface area contributed by atoms with Gasteiger partial charge in [0.1, 0.15) is 5.75 Å². The van der Waals surface area contributed by atoms with Gasteiger partial charge in [0.05, 0.1) is 18.2 Å². The van der Waals surface area contributed by atoms with Crippen molar-refractivity contribution in [2.24, 2.45) is 0 Å². The highest BCUT2D eigenvalue weighted by Gasteiger charge is 2.18. The van der Waals surface area contributed by atoms with Gasteiger partial charge in [-0.25, -0.2) is 0 Å². The number of hydrogen-bond donors (Lipinski definition) is 1. The molecule has 0 fully saturated rings. The van der Waals surface area contributed by atoms with Gasteiger partial charge in [-0.1, -0.05) is 51.3 Å². The Morgan fingerprint density at radius 2 is 1.90 bits per heavy atom. The number of rotatable bonds is 4.